The number of rotatable bonds is 20. The Labute approximate surface area is 193 Å². The molecule has 0 aromatic rings. The molecule has 0 saturated carbocycles. The molecular weight excluding hydrogens is 412 g/mol. The van der Waals surface area contributed by atoms with Crippen molar-refractivity contribution < 1.29 is 34.8 Å². The maximum atomic E-state index is 12.0. The first-order chi connectivity index (χ1) is 15.3. The van der Waals surface area contributed by atoms with Crippen molar-refractivity contribution in [2.75, 3.05) is 6.61 Å². The summed E-state index contributed by atoms with van der Waals surface area (Å²) in [6.45, 7) is 2.54. The van der Waals surface area contributed by atoms with Crippen LogP contribution in [0.4, 0.5) is 0 Å². The van der Waals surface area contributed by atoms with Crippen molar-refractivity contribution in [2.45, 2.75) is 115 Å². The first kappa shape index (κ1) is 30.5. The van der Waals surface area contributed by atoms with Crippen LogP contribution in [0, 0.1) is 0 Å². The van der Waals surface area contributed by atoms with Gasteiger partial charge >= 0.3 is 5.97 Å². The van der Waals surface area contributed by atoms with E-state index in [-0.39, 0.29) is 6.42 Å². The Bertz CT molecular complexity index is 544. The number of esters is 1. The van der Waals surface area contributed by atoms with Gasteiger partial charge in [0, 0.05) is 6.42 Å². The van der Waals surface area contributed by atoms with Gasteiger partial charge in [-0.25, -0.2) is 0 Å². The number of ether oxygens (including phenoxy) is 1. The molecule has 0 fully saturated rings. The standard InChI is InChI=1S/C25H44O7/c1-3-4-5-6-7-8-9-10-11-12-13-14-15-16-17-18-22(29)32-25(20(2)27)24(31)23(30)21(28)19-26/h7-8,10-11,21,23-26,28,30-31H,3-6,9,12-19H2,1-2H3/b8-7-,11-10-/t21-,23-,24+,25+/m1/s1. The second-order valence-electron chi connectivity index (χ2n) is 8.23. The quantitative estimate of drug-likeness (QED) is 0.126. The van der Waals surface area contributed by atoms with Crippen LogP contribution in [-0.4, -0.2) is 63.2 Å². The van der Waals surface area contributed by atoms with E-state index in [1.807, 2.05) is 0 Å². The lowest BCUT2D eigenvalue weighted by Crippen LogP contribution is -2.49. The second-order valence-corrected chi connectivity index (χ2v) is 8.23. The fraction of sp³-hybridized carbons (Fsp3) is 0.760. The fourth-order valence-corrected chi connectivity index (χ4v) is 3.19. The van der Waals surface area contributed by atoms with E-state index < -0.39 is 42.8 Å². The number of aliphatic hydroxyl groups excluding tert-OH is 4. The van der Waals surface area contributed by atoms with E-state index in [4.69, 9.17) is 9.84 Å². The average Bonchev–Trinajstić information content (AvgIpc) is 2.78. The highest BCUT2D eigenvalue weighted by atomic mass is 16.6. The fourth-order valence-electron chi connectivity index (χ4n) is 3.19. The van der Waals surface area contributed by atoms with Crippen LogP contribution in [0.1, 0.15) is 90.9 Å². The molecule has 4 atom stereocenters. The van der Waals surface area contributed by atoms with E-state index in [9.17, 15) is 24.9 Å². The summed E-state index contributed by atoms with van der Waals surface area (Å²) in [4.78, 5) is 23.6. The molecule has 4 N–H and O–H groups in total. The number of aliphatic hydroxyl groups is 4. The molecule has 0 aromatic carbocycles. The van der Waals surface area contributed by atoms with Gasteiger partial charge in [-0.15, -0.1) is 0 Å². The summed E-state index contributed by atoms with van der Waals surface area (Å²) in [6, 6.07) is 0. The molecular formula is C25H44O7. The van der Waals surface area contributed by atoms with Crippen LogP contribution in [0.2, 0.25) is 0 Å². The van der Waals surface area contributed by atoms with Crippen LogP contribution in [0.3, 0.4) is 0 Å². The van der Waals surface area contributed by atoms with Gasteiger partial charge in [0.05, 0.1) is 6.61 Å². The summed E-state index contributed by atoms with van der Waals surface area (Å²) in [6.07, 6.45) is 13.9. The number of allylic oxidation sites excluding steroid dienone is 4. The summed E-state index contributed by atoms with van der Waals surface area (Å²) in [5.41, 5.74) is 0. The normalized spacial score (nSPS) is 15.7. The largest absolute Gasteiger partial charge is 0.451 e. The van der Waals surface area contributed by atoms with Gasteiger partial charge in [-0.1, -0.05) is 63.3 Å². The molecule has 0 unspecified atom stereocenters. The minimum atomic E-state index is -1.80. The molecule has 0 bridgehead atoms. The van der Waals surface area contributed by atoms with Crippen molar-refractivity contribution in [1.29, 1.82) is 0 Å². The topological polar surface area (TPSA) is 124 Å². The second kappa shape index (κ2) is 20.1. The molecule has 186 valence electrons. The minimum Gasteiger partial charge on any atom is -0.451 e. The van der Waals surface area contributed by atoms with Crippen LogP contribution in [0.25, 0.3) is 0 Å². The molecule has 0 aliphatic heterocycles. The number of Topliss-reactive ketones (excluding diaryl/α,β-unsaturated/α-hetero) is 1. The maximum absolute atomic E-state index is 12.0. The SMILES string of the molecule is CCCCC/C=C\C/C=C\CCCCCCCC(=O)O[C@@H](C(C)=O)[C@@H](O)[C@H](O)[C@H](O)CO. The lowest BCUT2D eigenvalue weighted by molar-refractivity contribution is -0.172. The molecule has 0 spiro atoms. The Morgan fingerprint density at radius 3 is 1.94 bits per heavy atom. The Morgan fingerprint density at radius 2 is 1.38 bits per heavy atom. The van der Waals surface area contributed by atoms with Gasteiger partial charge < -0.3 is 25.2 Å². The van der Waals surface area contributed by atoms with Crippen LogP contribution in [0.15, 0.2) is 24.3 Å². The number of carbonyl (C=O) groups excluding carboxylic acids is 2. The van der Waals surface area contributed by atoms with Crippen molar-refractivity contribution >= 4 is 11.8 Å². The molecule has 7 nitrogen and oxygen atoms in total. The van der Waals surface area contributed by atoms with Crippen molar-refractivity contribution in [3.63, 3.8) is 0 Å². The first-order valence-corrected chi connectivity index (χ1v) is 12.0. The molecule has 0 aliphatic carbocycles. The summed E-state index contributed by atoms with van der Waals surface area (Å²) in [5, 5.41) is 37.9. The van der Waals surface area contributed by atoms with Crippen molar-refractivity contribution in [3.05, 3.63) is 24.3 Å². The number of ketones is 1. The first-order valence-electron chi connectivity index (χ1n) is 12.0. The Balaban J connectivity index is 3.89. The number of hydrogen-bond acceptors (Lipinski definition) is 7. The summed E-state index contributed by atoms with van der Waals surface area (Å²) in [7, 11) is 0. The molecule has 0 heterocycles. The van der Waals surface area contributed by atoms with Gasteiger partial charge in [-0.2, -0.15) is 0 Å². The molecule has 0 saturated heterocycles. The average molecular weight is 457 g/mol. The van der Waals surface area contributed by atoms with Crippen LogP contribution >= 0.6 is 0 Å². The Hall–Kier alpha value is -1.54. The molecule has 0 aliphatic rings. The predicted octanol–water partition coefficient (Wildman–Crippen LogP) is 3.38. The third-order valence-electron chi connectivity index (χ3n) is 5.23. The zero-order valence-electron chi connectivity index (χ0n) is 19.8. The Morgan fingerprint density at radius 1 is 0.812 bits per heavy atom. The van der Waals surface area contributed by atoms with Gasteiger partial charge in [0.25, 0.3) is 0 Å². The molecule has 0 rings (SSSR count). The summed E-state index contributed by atoms with van der Waals surface area (Å²) in [5.74, 6) is -1.28. The van der Waals surface area contributed by atoms with Crippen molar-refractivity contribution in [3.8, 4) is 0 Å². The number of carbonyl (C=O) groups is 2. The highest BCUT2D eigenvalue weighted by Crippen LogP contribution is 2.13. The van der Waals surface area contributed by atoms with E-state index in [2.05, 4.69) is 31.2 Å². The van der Waals surface area contributed by atoms with Gasteiger partial charge in [-0.3, -0.25) is 9.59 Å². The summed E-state index contributed by atoms with van der Waals surface area (Å²) < 4.78 is 5.00. The van der Waals surface area contributed by atoms with Gasteiger partial charge in [0.2, 0.25) is 0 Å². The maximum Gasteiger partial charge on any atom is 0.306 e. The number of unbranched alkanes of at least 4 members (excludes halogenated alkanes) is 8. The van der Waals surface area contributed by atoms with E-state index in [0.29, 0.717) is 6.42 Å². The number of hydrogen-bond donors (Lipinski definition) is 4. The van der Waals surface area contributed by atoms with E-state index in [1.165, 1.54) is 25.7 Å². The zero-order chi connectivity index (χ0) is 24.2. The third-order valence-corrected chi connectivity index (χ3v) is 5.23. The zero-order valence-corrected chi connectivity index (χ0v) is 19.8. The van der Waals surface area contributed by atoms with Gasteiger partial charge in [0.1, 0.15) is 18.3 Å². The van der Waals surface area contributed by atoms with Crippen LogP contribution in [0.5, 0.6) is 0 Å². The van der Waals surface area contributed by atoms with E-state index >= 15 is 0 Å². The van der Waals surface area contributed by atoms with E-state index in [1.54, 1.807) is 0 Å². The smallest absolute Gasteiger partial charge is 0.306 e. The molecule has 0 amide bonds. The highest BCUT2D eigenvalue weighted by molar-refractivity contribution is 5.84. The molecule has 7 heteroatoms. The third kappa shape index (κ3) is 15.3. The predicted molar refractivity (Wildman–Crippen MR) is 125 cm³/mol. The molecule has 0 radical (unpaired) electrons. The minimum absolute atomic E-state index is 0.111. The lowest BCUT2D eigenvalue weighted by Gasteiger charge is -2.27. The monoisotopic (exact) mass is 456 g/mol. The van der Waals surface area contributed by atoms with Gasteiger partial charge in [-0.05, 0) is 45.4 Å². The van der Waals surface area contributed by atoms with E-state index in [0.717, 1.165) is 45.4 Å². The lowest BCUT2D eigenvalue weighted by atomic mass is 10.0. The van der Waals surface area contributed by atoms with Crippen LogP contribution < -0.4 is 0 Å². The highest BCUT2D eigenvalue weighted by Gasteiger charge is 2.36. The summed E-state index contributed by atoms with van der Waals surface area (Å²) >= 11 is 0. The molecule has 0 aromatic heterocycles. The van der Waals surface area contributed by atoms with Crippen molar-refractivity contribution in [1.82, 2.24) is 0 Å². The Kier molecular flexibility index (Phi) is 19.1. The van der Waals surface area contributed by atoms with Gasteiger partial charge in [0.15, 0.2) is 11.9 Å². The molecule has 32 heavy (non-hydrogen) atoms. The van der Waals surface area contributed by atoms with Crippen molar-refractivity contribution in [2.24, 2.45) is 0 Å². The van der Waals surface area contributed by atoms with Crippen LogP contribution in [-0.2, 0) is 14.3 Å².